The minimum atomic E-state index is -2.12. The van der Waals surface area contributed by atoms with Gasteiger partial charge < -0.3 is 0 Å². The molecule has 0 aliphatic rings. The molecule has 0 saturated heterocycles. The number of unbranched alkanes of at least 4 members (excludes halogenated alkanes) is 3. The van der Waals surface area contributed by atoms with Crippen molar-refractivity contribution in [1.82, 2.24) is 0 Å². The standard InChI is InChI=1S/C6H11O.3C4H9.Sn/c1-3-4-5-6-7-2;3*1-3-4-2;/h1,4-6H2,2H3;3*1,3-4H2,2H3;. The Bertz CT molecular complexity index is 216. The van der Waals surface area contributed by atoms with Crippen molar-refractivity contribution in [2.24, 2.45) is 0 Å². The summed E-state index contributed by atoms with van der Waals surface area (Å²) in [5, 5.41) is 0. The molecular weight excluding hydrogens is 351 g/mol. The van der Waals surface area contributed by atoms with Crippen molar-refractivity contribution in [3.8, 4) is 0 Å². The van der Waals surface area contributed by atoms with Crippen LogP contribution in [0.4, 0.5) is 0 Å². The van der Waals surface area contributed by atoms with Gasteiger partial charge in [-0.15, -0.1) is 0 Å². The van der Waals surface area contributed by atoms with Gasteiger partial charge in [-0.2, -0.15) is 0 Å². The average molecular weight is 389 g/mol. The minimum absolute atomic E-state index is 0.899. The normalized spacial score (nSPS) is 11.8. The van der Waals surface area contributed by atoms with Crippen LogP contribution in [0.25, 0.3) is 0 Å². The zero-order valence-corrected chi connectivity index (χ0v) is 17.5. The Morgan fingerprint density at radius 2 is 1.30 bits per heavy atom. The number of ether oxygens (including phenoxy) is 1. The van der Waals surface area contributed by atoms with E-state index in [4.69, 9.17) is 4.74 Å². The van der Waals surface area contributed by atoms with Crippen LogP contribution < -0.4 is 0 Å². The molecule has 0 rings (SSSR count). The Morgan fingerprint density at radius 3 is 1.65 bits per heavy atom. The van der Waals surface area contributed by atoms with Crippen LogP contribution in [-0.4, -0.2) is 32.1 Å². The second kappa shape index (κ2) is 13.2. The number of allylic oxidation sites excluding steroid dienone is 1. The maximum absolute atomic E-state index is 5.23. The SMILES string of the molecule is C=[C](CCCOC)[Sn]([CH2]CCC)([CH2]CCC)[CH2]CCC. The van der Waals surface area contributed by atoms with Crippen LogP contribution >= 0.6 is 0 Å². The summed E-state index contributed by atoms with van der Waals surface area (Å²) in [6, 6.07) is 0. The summed E-state index contributed by atoms with van der Waals surface area (Å²) in [5.41, 5.74) is 0. The van der Waals surface area contributed by atoms with Gasteiger partial charge in [0, 0.05) is 0 Å². The predicted octanol–water partition coefficient (Wildman–Crippen LogP) is 6.36. The van der Waals surface area contributed by atoms with Crippen LogP contribution in [0, 0.1) is 0 Å². The fourth-order valence-corrected chi connectivity index (χ4v) is 19.2. The van der Waals surface area contributed by atoms with E-state index in [-0.39, 0.29) is 0 Å². The van der Waals surface area contributed by atoms with Crippen molar-refractivity contribution in [3.05, 3.63) is 10.2 Å². The second-order valence-electron chi connectivity index (χ2n) is 6.29. The molecule has 0 aromatic rings. The molecule has 0 amide bonds. The van der Waals surface area contributed by atoms with Gasteiger partial charge >= 0.3 is 132 Å². The van der Waals surface area contributed by atoms with Gasteiger partial charge in [0.25, 0.3) is 0 Å². The third kappa shape index (κ3) is 8.07. The van der Waals surface area contributed by atoms with Gasteiger partial charge in [0.1, 0.15) is 0 Å². The first kappa shape index (κ1) is 20.5. The fourth-order valence-electron chi connectivity index (χ4n) is 3.15. The van der Waals surface area contributed by atoms with Crippen molar-refractivity contribution in [2.45, 2.75) is 85.4 Å². The van der Waals surface area contributed by atoms with Gasteiger partial charge in [-0.05, 0) is 0 Å². The summed E-state index contributed by atoms with van der Waals surface area (Å²) in [6.45, 7) is 12.5. The van der Waals surface area contributed by atoms with Crippen molar-refractivity contribution >= 4 is 18.4 Å². The van der Waals surface area contributed by atoms with Crippen molar-refractivity contribution in [3.63, 3.8) is 0 Å². The molecule has 0 heterocycles. The Kier molecular flexibility index (Phi) is 13.5. The van der Waals surface area contributed by atoms with E-state index < -0.39 is 18.4 Å². The molecule has 0 fully saturated rings. The molecule has 0 aromatic carbocycles. The van der Waals surface area contributed by atoms with E-state index in [1.807, 2.05) is 7.11 Å². The van der Waals surface area contributed by atoms with Crippen LogP contribution in [0.5, 0.6) is 0 Å². The summed E-state index contributed by atoms with van der Waals surface area (Å²) < 4.78 is 11.6. The molecule has 0 saturated carbocycles. The monoisotopic (exact) mass is 390 g/mol. The van der Waals surface area contributed by atoms with Crippen LogP contribution in [0.3, 0.4) is 0 Å². The van der Waals surface area contributed by atoms with Gasteiger partial charge in [0.2, 0.25) is 0 Å². The zero-order chi connectivity index (χ0) is 15.3. The fraction of sp³-hybridized carbons (Fsp3) is 0.889. The quantitative estimate of drug-likeness (QED) is 0.248. The Morgan fingerprint density at radius 1 is 0.850 bits per heavy atom. The van der Waals surface area contributed by atoms with E-state index in [2.05, 4.69) is 27.4 Å². The Hall–Kier alpha value is 0.499. The van der Waals surface area contributed by atoms with Gasteiger partial charge in [-0.3, -0.25) is 0 Å². The number of methoxy groups -OCH3 is 1. The van der Waals surface area contributed by atoms with Crippen LogP contribution in [0.2, 0.25) is 13.3 Å². The second-order valence-corrected chi connectivity index (χ2v) is 19.9. The molecule has 0 spiro atoms. The third-order valence-corrected chi connectivity index (χ3v) is 20.8. The number of rotatable bonds is 14. The summed E-state index contributed by atoms with van der Waals surface area (Å²) in [5.74, 6) is 0. The molecule has 0 N–H and O–H groups in total. The number of hydrogen-bond acceptors (Lipinski definition) is 1. The van der Waals surface area contributed by atoms with Crippen molar-refractivity contribution in [2.75, 3.05) is 13.7 Å². The molecule has 0 aromatic heterocycles. The van der Waals surface area contributed by atoms with Gasteiger partial charge in [0.15, 0.2) is 0 Å². The van der Waals surface area contributed by atoms with Crippen molar-refractivity contribution < 1.29 is 4.74 Å². The molecule has 0 aliphatic carbocycles. The first-order valence-electron chi connectivity index (χ1n) is 8.84. The van der Waals surface area contributed by atoms with E-state index in [1.54, 1.807) is 16.9 Å². The van der Waals surface area contributed by atoms with Gasteiger partial charge in [-0.25, -0.2) is 0 Å². The van der Waals surface area contributed by atoms with E-state index >= 15 is 0 Å². The first-order chi connectivity index (χ1) is 9.66. The number of hydrogen-bond donors (Lipinski definition) is 0. The van der Waals surface area contributed by atoms with E-state index in [1.165, 1.54) is 51.4 Å². The van der Waals surface area contributed by atoms with Crippen LogP contribution in [0.15, 0.2) is 10.2 Å². The first-order valence-corrected chi connectivity index (χ1v) is 16.3. The molecule has 0 unspecified atom stereocenters. The summed E-state index contributed by atoms with van der Waals surface area (Å²) in [6.07, 6.45) is 10.8. The van der Waals surface area contributed by atoms with Crippen LogP contribution in [-0.2, 0) is 4.74 Å². The average Bonchev–Trinajstić information content (AvgIpc) is 2.47. The van der Waals surface area contributed by atoms with Gasteiger partial charge in [-0.1, -0.05) is 0 Å². The molecule has 0 atom stereocenters. The molecule has 120 valence electrons. The van der Waals surface area contributed by atoms with E-state index in [0.717, 1.165) is 6.61 Å². The van der Waals surface area contributed by atoms with Gasteiger partial charge in [0.05, 0.1) is 0 Å². The molecule has 2 heteroatoms. The van der Waals surface area contributed by atoms with E-state index in [0.29, 0.717) is 0 Å². The zero-order valence-electron chi connectivity index (χ0n) is 14.6. The van der Waals surface area contributed by atoms with E-state index in [9.17, 15) is 0 Å². The van der Waals surface area contributed by atoms with Crippen molar-refractivity contribution in [1.29, 1.82) is 0 Å². The molecule has 0 aliphatic heterocycles. The molecular formula is C18H38OSn. The molecule has 20 heavy (non-hydrogen) atoms. The summed E-state index contributed by atoms with van der Waals surface area (Å²) in [4.78, 5) is 0. The Balaban J connectivity index is 4.76. The van der Waals surface area contributed by atoms with Crippen LogP contribution in [0.1, 0.15) is 72.1 Å². The Labute approximate surface area is 132 Å². The molecule has 0 radical (unpaired) electrons. The maximum atomic E-state index is 5.23. The summed E-state index contributed by atoms with van der Waals surface area (Å²) >= 11 is -2.12. The molecule has 1 nitrogen and oxygen atoms in total. The molecule has 0 bridgehead atoms. The summed E-state index contributed by atoms with van der Waals surface area (Å²) in [7, 11) is 1.81. The topological polar surface area (TPSA) is 9.23 Å². The third-order valence-electron chi connectivity index (χ3n) is 4.60. The predicted molar refractivity (Wildman–Crippen MR) is 95.1 cm³/mol.